The third-order valence-electron chi connectivity index (χ3n) is 3.05. The molecule has 1 heterocycles. The molecule has 17 heavy (non-hydrogen) atoms. The van der Waals surface area contributed by atoms with Crippen molar-refractivity contribution in [3.63, 3.8) is 0 Å². The Kier molecular flexibility index (Phi) is 4.11. The molecule has 0 saturated carbocycles. The highest BCUT2D eigenvalue weighted by Crippen LogP contribution is 2.21. The van der Waals surface area contributed by atoms with E-state index in [0.29, 0.717) is 19.6 Å². The Hall–Kier alpha value is -1.57. The van der Waals surface area contributed by atoms with Crippen molar-refractivity contribution in [2.24, 2.45) is 5.41 Å². The monoisotopic (exact) mass is 237 g/mol. The number of likely N-dealkylation sites (N-methyl/N-ethyl adjacent to an activating group) is 1. The lowest BCUT2D eigenvalue weighted by Crippen LogP contribution is -2.52. The number of nitrogens with zero attached hydrogens (tertiary/aromatic N) is 3. The minimum atomic E-state index is -0.434. The number of hydrogen-bond donors (Lipinski definition) is 0. The van der Waals surface area contributed by atoms with Gasteiger partial charge in [-0.05, 0) is 26.7 Å². The predicted molar refractivity (Wildman–Crippen MR) is 62.8 cm³/mol. The van der Waals surface area contributed by atoms with E-state index in [9.17, 15) is 9.59 Å². The topological polar surface area (TPSA) is 64.4 Å². The standard InChI is InChI=1S/C12H19N3O2/c1-12(2,9-13)5-4-6-15-8-7-14(3)10(16)11(15)17/h4-8H2,1-3H3. The largest absolute Gasteiger partial charge is 0.336 e. The van der Waals surface area contributed by atoms with E-state index in [1.807, 2.05) is 13.8 Å². The molecule has 5 heteroatoms. The second-order valence-electron chi connectivity index (χ2n) is 5.12. The first-order chi connectivity index (χ1) is 7.87. The van der Waals surface area contributed by atoms with E-state index in [1.54, 1.807) is 11.9 Å². The quantitative estimate of drug-likeness (QED) is 0.673. The van der Waals surface area contributed by atoms with Gasteiger partial charge in [-0.2, -0.15) is 5.26 Å². The molecule has 94 valence electrons. The van der Waals surface area contributed by atoms with E-state index in [0.717, 1.165) is 12.8 Å². The molecule has 2 amide bonds. The summed E-state index contributed by atoms with van der Waals surface area (Å²) in [6, 6.07) is 2.23. The second kappa shape index (κ2) is 5.17. The van der Waals surface area contributed by atoms with Gasteiger partial charge in [0.1, 0.15) is 0 Å². The summed E-state index contributed by atoms with van der Waals surface area (Å²) in [4.78, 5) is 26.1. The molecule has 0 spiro atoms. The highest BCUT2D eigenvalue weighted by Gasteiger charge is 2.30. The van der Waals surface area contributed by atoms with Crippen LogP contribution in [-0.2, 0) is 9.59 Å². The van der Waals surface area contributed by atoms with Crippen molar-refractivity contribution in [2.75, 3.05) is 26.7 Å². The summed E-state index contributed by atoms with van der Waals surface area (Å²) >= 11 is 0. The Morgan fingerprint density at radius 3 is 2.53 bits per heavy atom. The van der Waals surface area contributed by atoms with Crippen LogP contribution in [0.5, 0.6) is 0 Å². The van der Waals surface area contributed by atoms with Crippen molar-refractivity contribution in [2.45, 2.75) is 26.7 Å². The summed E-state index contributed by atoms with van der Waals surface area (Å²) < 4.78 is 0. The van der Waals surface area contributed by atoms with Crippen LogP contribution in [0.3, 0.4) is 0 Å². The van der Waals surface area contributed by atoms with E-state index >= 15 is 0 Å². The van der Waals surface area contributed by atoms with Crippen LogP contribution in [-0.4, -0.2) is 48.3 Å². The van der Waals surface area contributed by atoms with Gasteiger partial charge in [0.15, 0.2) is 0 Å². The molecule has 0 N–H and O–H groups in total. The smallest absolute Gasteiger partial charge is 0.312 e. The molecule has 1 saturated heterocycles. The van der Waals surface area contributed by atoms with Crippen LogP contribution in [0.15, 0.2) is 0 Å². The average Bonchev–Trinajstić information content (AvgIpc) is 2.29. The van der Waals surface area contributed by atoms with Gasteiger partial charge >= 0.3 is 11.8 Å². The number of hydrogen-bond acceptors (Lipinski definition) is 3. The van der Waals surface area contributed by atoms with E-state index in [1.165, 1.54) is 4.90 Å². The van der Waals surface area contributed by atoms with Crippen LogP contribution in [0.1, 0.15) is 26.7 Å². The molecule has 1 fully saturated rings. The lowest BCUT2D eigenvalue weighted by atomic mass is 9.90. The van der Waals surface area contributed by atoms with E-state index in [2.05, 4.69) is 6.07 Å². The first-order valence-electron chi connectivity index (χ1n) is 5.83. The summed E-state index contributed by atoms with van der Waals surface area (Å²) in [6.45, 7) is 5.50. The van der Waals surface area contributed by atoms with Gasteiger partial charge in [0.25, 0.3) is 0 Å². The molecule has 0 unspecified atom stereocenters. The highest BCUT2D eigenvalue weighted by molar-refractivity contribution is 6.35. The van der Waals surface area contributed by atoms with E-state index < -0.39 is 11.8 Å². The first kappa shape index (κ1) is 13.5. The maximum absolute atomic E-state index is 11.6. The fraction of sp³-hybridized carbons (Fsp3) is 0.750. The Morgan fingerprint density at radius 1 is 1.29 bits per heavy atom. The van der Waals surface area contributed by atoms with Crippen LogP contribution >= 0.6 is 0 Å². The van der Waals surface area contributed by atoms with Crippen LogP contribution in [0.4, 0.5) is 0 Å². The fourth-order valence-corrected chi connectivity index (χ4v) is 1.75. The molecular formula is C12H19N3O2. The number of nitriles is 1. The average molecular weight is 237 g/mol. The second-order valence-corrected chi connectivity index (χ2v) is 5.12. The lowest BCUT2D eigenvalue weighted by molar-refractivity contribution is -0.155. The summed E-state index contributed by atoms with van der Waals surface area (Å²) in [5.41, 5.74) is -0.361. The van der Waals surface area contributed by atoms with E-state index in [-0.39, 0.29) is 5.41 Å². The molecule has 0 aromatic rings. The molecule has 0 aromatic heterocycles. The highest BCUT2D eigenvalue weighted by atomic mass is 16.2. The summed E-state index contributed by atoms with van der Waals surface area (Å²) in [5, 5.41) is 8.87. The van der Waals surface area contributed by atoms with Gasteiger partial charge in [0.05, 0.1) is 11.5 Å². The molecule has 0 bridgehead atoms. The minimum Gasteiger partial charge on any atom is -0.336 e. The van der Waals surface area contributed by atoms with Crippen molar-refractivity contribution in [1.82, 2.24) is 9.80 Å². The first-order valence-corrected chi connectivity index (χ1v) is 5.83. The molecular weight excluding hydrogens is 218 g/mol. The van der Waals surface area contributed by atoms with Crippen LogP contribution in [0.2, 0.25) is 0 Å². The molecule has 0 radical (unpaired) electrons. The maximum Gasteiger partial charge on any atom is 0.312 e. The van der Waals surface area contributed by atoms with Gasteiger partial charge < -0.3 is 9.80 Å². The zero-order chi connectivity index (χ0) is 13.1. The Bertz CT molecular complexity index is 357. The predicted octanol–water partition coefficient (Wildman–Crippen LogP) is 0.617. The number of amides is 2. The molecule has 0 aliphatic carbocycles. The van der Waals surface area contributed by atoms with Crippen molar-refractivity contribution in [1.29, 1.82) is 5.26 Å². The van der Waals surface area contributed by atoms with Gasteiger partial charge in [-0.25, -0.2) is 0 Å². The number of carbonyl (C=O) groups excluding carboxylic acids is 2. The zero-order valence-electron chi connectivity index (χ0n) is 10.7. The summed E-state index contributed by atoms with van der Waals surface area (Å²) in [5.74, 6) is -0.857. The Morgan fingerprint density at radius 2 is 1.94 bits per heavy atom. The number of piperazine rings is 1. The Balaban J connectivity index is 2.41. The van der Waals surface area contributed by atoms with Crippen molar-refractivity contribution in [3.8, 4) is 6.07 Å². The van der Waals surface area contributed by atoms with E-state index in [4.69, 9.17) is 5.26 Å². The molecule has 1 aliphatic heterocycles. The molecule has 0 aromatic carbocycles. The third-order valence-corrected chi connectivity index (χ3v) is 3.05. The van der Waals surface area contributed by atoms with Gasteiger partial charge in [-0.15, -0.1) is 0 Å². The number of carbonyl (C=O) groups is 2. The van der Waals surface area contributed by atoms with Crippen molar-refractivity contribution >= 4 is 11.8 Å². The van der Waals surface area contributed by atoms with Crippen LogP contribution in [0.25, 0.3) is 0 Å². The summed E-state index contributed by atoms with van der Waals surface area (Å²) in [7, 11) is 1.64. The SMILES string of the molecule is CN1CCN(CCCC(C)(C)C#N)C(=O)C1=O. The maximum atomic E-state index is 11.6. The normalized spacial score (nSPS) is 17.3. The van der Waals surface area contributed by atoms with Crippen LogP contribution < -0.4 is 0 Å². The summed E-state index contributed by atoms with van der Waals surface area (Å²) in [6.07, 6.45) is 1.49. The van der Waals surface area contributed by atoms with Crippen molar-refractivity contribution in [3.05, 3.63) is 0 Å². The van der Waals surface area contributed by atoms with Gasteiger partial charge in [0, 0.05) is 26.7 Å². The number of rotatable bonds is 4. The molecule has 0 atom stereocenters. The lowest BCUT2D eigenvalue weighted by Gasteiger charge is -2.31. The van der Waals surface area contributed by atoms with Crippen LogP contribution in [0, 0.1) is 16.7 Å². The molecule has 5 nitrogen and oxygen atoms in total. The molecule has 1 aliphatic rings. The zero-order valence-corrected chi connectivity index (χ0v) is 10.7. The van der Waals surface area contributed by atoms with Gasteiger partial charge in [-0.3, -0.25) is 9.59 Å². The van der Waals surface area contributed by atoms with Gasteiger partial charge in [-0.1, -0.05) is 0 Å². The fourth-order valence-electron chi connectivity index (χ4n) is 1.75. The van der Waals surface area contributed by atoms with Gasteiger partial charge in [0.2, 0.25) is 0 Å². The molecule has 1 rings (SSSR count). The Labute approximate surface area is 102 Å². The minimum absolute atomic E-state index is 0.361. The third kappa shape index (κ3) is 3.45. The van der Waals surface area contributed by atoms with Crippen molar-refractivity contribution < 1.29 is 9.59 Å².